The molecule has 5 heteroatoms. The molecule has 0 spiro atoms. The van der Waals surface area contributed by atoms with Gasteiger partial charge in [-0.2, -0.15) is 0 Å². The van der Waals surface area contributed by atoms with Crippen molar-refractivity contribution in [1.29, 1.82) is 0 Å². The zero-order chi connectivity index (χ0) is 13.8. The molecule has 0 unspecified atom stereocenters. The average Bonchev–Trinajstić information content (AvgIpc) is 2.38. The molecule has 1 aliphatic heterocycles. The molecule has 19 heavy (non-hydrogen) atoms. The van der Waals surface area contributed by atoms with Gasteiger partial charge in [-0.05, 0) is 43.0 Å². The molecule has 1 amide bonds. The summed E-state index contributed by atoms with van der Waals surface area (Å²) >= 11 is 0. The van der Waals surface area contributed by atoms with Gasteiger partial charge in [0.25, 0.3) is 5.91 Å². The third-order valence-corrected chi connectivity index (χ3v) is 3.43. The number of rotatable bonds is 3. The van der Waals surface area contributed by atoms with Crippen LogP contribution in [-0.2, 0) is 4.79 Å². The van der Waals surface area contributed by atoms with E-state index in [9.17, 15) is 9.59 Å². The zero-order valence-corrected chi connectivity index (χ0v) is 10.7. The molecule has 1 aromatic rings. The first kappa shape index (κ1) is 13.4. The van der Waals surface area contributed by atoms with Crippen LogP contribution in [0.3, 0.4) is 0 Å². The first-order valence-corrected chi connectivity index (χ1v) is 6.43. The summed E-state index contributed by atoms with van der Waals surface area (Å²) in [4.78, 5) is 24.8. The summed E-state index contributed by atoms with van der Waals surface area (Å²) < 4.78 is 0. The molecule has 5 nitrogen and oxygen atoms in total. The molecular weight excluding hydrogens is 244 g/mol. The van der Waals surface area contributed by atoms with Crippen LogP contribution in [0, 0.1) is 5.92 Å². The SMILES string of the molecule is Nc1ccc(C(=O)N2CCC[C@@H](CC(=O)O)C2)cc1. The molecule has 1 aromatic carbocycles. The highest BCUT2D eigenvalue weighted by Gasteiger charge is 2.25. The largest absolute Gasteiger partial charge is 0.481 e. The van der Waals surface area contributed by atoms with E-state index in [-0.39, 0.29) is 18.2 Å². The Hall–Kier alpha value is -2.04. The van der Waals surface area contributed by atoms with Gasteiger partial charge in [-0.1, -0.05) is 0 Å². The van der Waals surface area contributed by atoms with Crippen LogP contribution in [0.5, 0.6) is 0 Å². The molecule has 2 rings (SSSR count). The number of aliphatic carboxylic acids is 1. The van der Waals surface area contributed by atoms with Gasteiger partial charge in [0.2, 0.25) is 0 Å². The van der Waals surface area contributed by atoms with Crippen LogP contribution >= 0.6 is 0 Å². The fraction of sp³-hybridized carbons (Fsp3) is 0.429. The summed E-state index contributed by atoms with van der Waals surface area (Å²) in [5.41, 5.74) is 6.82. The molecule has 1 atom stereocenters. The second-order valence-corrected chi connectivity index (χ2v) is 4.98. The molecule has 1 aliphatic rings. The lowest BCUT2D eigenvalue weighted by atomic mass is 9.94. The summed E-state index contributed by atoms with van der Waals surface area (Å²) in [5, 5.41) is 8.82. The minimum atomic E-state index is -0.799. The van der Waals surface area contributed by atoms with Crippen LogP contribution in [0.25, 0.3) is 0 Å². The van der Waals surface area contributed by atoms with E-state index in [0.717, 1.165) is 12.8 Å². The summed E-state index contributed by atoms with van der Waals surface area (Å²) in [6, 6.07) is 6.81. The van der Waals surface area contributed by atoms with E-state index in [2.05, 4.69) is 0 Å². The predicted octanol–water partition coefficient (Wildman–Crippen LogP) is 1.60. The first-order valence-electron chi connectivity index (χ1n) is 6.43. The van der Waals surface area contributed by atoms with Crippen LogP contribution in [0.2, 0.25) is 0 Å². The summed E-state index contributed by atoms with van der Waals surface area (Å²) in [7, 11) is 0. The third-order valence-electron chi connectivity index (χ3n) is 3.43. The predicted molar refractivity (Wildman–Crippen MR) is 71.7 cm³/mol. The number of benzene rings is 1. The molecule has 0 aliphatic carbocycles. The number of piperidine rings is 1. The number of carboxylic acids is 1. The summed E-state index contributed by atoms with van der Waals surface area (Å²) in [5.74, 6) is -0.786. The van der Waals surface area contributed by atoms with Crippen molar-refractivity contribution in [2.45, 2.75) is 19.3 Å². The maximum absolute atomic E-state index is 12.3. The molecule has 1 saturated heterocycles. The third kappa shape index (κ3) is 3.47. The van der Waals surface area contributed by atoms with Crippen LogP contribution < -0.4 is 5.73 Å². The number of likely N-dealkylation sites (tertiary alicyclic amines) is 1. The van der Waals surface area contributed by atoms with Gasteiger partial charge in [-0.15, -0.1) is 0 Å². The Labute approximate surface area is 112 Å². The quantitative estimate of drug-likeness (QED) is 0.810. The Morgan fingerprint density at radius 3 is 2.63 bits per heavy atom. The smallest absolute Gasteiger partial charge is 0.303 e. The van der Waals surface area contributed by atoms with Crippen molar-refractivity contribution in [3.63, 3.8) is 0 Å². The number of nitrogen functional groups attached to an aromatic ring is 1. The van der Waals surface area contributed by atoms with Crippen LogP contribution in [0.1, 0.15) is 29.6 Å². The average molecular weight is 262 g/mol. The number of amides is 1. The van der Waals surface area contributed by atoms with Crippen molar-refractivity contribution in [1.82, 2.24) is 4.90 Å². The molecule has 3 N–H and O–H groups in total. The molecular formula is C14H18N2O3. The van der Waals surface area contributed by atoms with Crippen molar-refractivity contribution < 1.29 is 14.7 Å². The number of nitrogens with two attached hydrogens (primary N) is 1. The van der Waals surface area contributed by atoms with E-state index in [1.54, 1.807) is 29.2 Å². The number of carbonyl (C=O) groups is 2. The van der Waals surface area contributed by atoms with Gasteiger partial charge in [-0.3, -0.25) is 9.59 Å². The Kier molecular flexibility index (Phi) is 4.04. The van der Waals surface area contributed by atoms with E-state index in [1.165, 1.54) is 0 Å². The van der Waals surface area contributed by atoms with Gasteiger partial charge in [0.15, 0.2) is 0 Å². The van der Waals surface area contributed by atoms with Crippen LogP contribution in [0.4, 0.5) is 5.69 Å². The second kappa shape index (κ2) is 5.73. The minimum absolute atomic E-state index is 0.0462. The highest BCUT2D eigenvalue weighted by Crippen LogP contribution is 2.21. The summed E-state index contributed by atoms with van der Waals surface area (Å²) in [6.45, 7) is 1.22. The topological polar surface area (TPSA) is 83.6 Å². The van der Waals surface area contributed by atoms with Crippen molar-refractivity contribution >= 4 is 17.6 Å². The fourth-order valence-electron chi connectivity index (χ4n) is 2.47. The Morgan fingerprint density at radius 1 is 1.32 bits per heavy atom. The second-order valence-electron chi connectivity index (χ2n) is 4.98. The summed E-state index contributed by atoms with van der Waals surface area (Å²) in [6.07, 6.45) is 1.86. The fourth-order valence-corrected chi connectivity index (χ4v) is 2.47. The Bertz CT molecular complexity index is 470. The number of carbonyl (C=O) groups excluding carboxylic acids is 1. The molecule has 102 valence electrons. The minimum Gasteiger partial charge on any atom is -0.481 e. The molecule has 0 aromatic heterocycles. The van der Waals surface area contributed by atoms with Crippen LogP contribution in [0.15, 0.2) is 24.3 Å². The maximum Gasteiger partial charge on any atom is 0.303 e. The number of carboxylic acid groups (broad SMARTS) is 1. The lowest BCUT2D eigenvalue weighted by Gasteiger charge is -2.32. The number of hydrogen-bond donors (Lipinski definition) is 2. The standard InChI is InChI=1S/C14H18N2O3/c15-12-5-3-11(4-6-12)14(19)16-7-1-2-10(9-16)8-13(17)18/h3-6,10H,1-2,7-9,15H2,(H,17,18)/t10-/m0/s1. The molecule has 1 heterocycles. The van der Waals surface area contributed by atoms with E-state index in [0.29, 0.717) is 24.3 Å². The van der Waals surface area contributed by atoms with E-state index in [1.807, 2.05) is 0 Å². The van der Waals surface area contributed by atoms with Crippen molar-refractivity contribution in [2.75, 3.05) is 18.8 Å². The van der Waals surface area contributed by atoms with E-state index < -0.39 is 5.97 Å². The normalized spacial score (nSPS) is 19.2. The number of nitrogens with zero attached hydrogens (tertiary/aromatic N) is 1. The Morgan fingerprint density at radius 2 is 2.00 bits per heavy atom. The van der Waals surface area contributed by atoms with E-state index >= 15 is 0 Å². The van der Waals surface area contributed by atoms with Gasteiger partial charge >= 0.3 is 5.97 Å². The van der Waals surface area contributed by atoms with Gasteiger partial charge in [0.1, 0.15) is 0 Å². The number of anilines is 1. The van der Waals surface area contributed by atoms with Crippen molar-refractivity contribution in [2.24, 2.45) is 5.92 Å². The zero-order valence-electron chi connectivity index (χ0n) is 10.7. The maximum atomic E-state index is 12.3. The highest BCUT2D eigenvalue weighted by atomic mass is 16.4. The highest BCUT2D eigenvalue weighted by molar-refractivity contribution is 5.94. The van der Waals surface area contributed by atoms with E-state index in [4.69, 9.17) is 10.8 Å². The van der Waals surface area contributed by atoms with Crippen molar-refractivity contribution in [3.05, 3.63) is 29.8 Å². The van der Waals surface area contributed by atoms with Crippen LogP contribution in [-0.4, -0.2) is 35.0 Å². The molecule has 0 saturated carbocycles. The van der Waals surface area contributed by atoms with Gasteiger partial charge < -0.3 is 15.7 Å². The molecule has 0 radical (unpaired) electrons. The van der Waals surface area contributed by atoms with Gasteiger partial charge in [0.05, 0.1) is 0 Å². The number of hydrogen-bond acceptors (Lipinski definition) is 3. The molecule has 1 fully saturated rings. The van der Waals surface area contributed by atoms with Crippen molar-refractivity contribution in [3.8, 4) is 0 Å². The van der Waals surface area contributed by atoms with Gasteiger partial charge in [-0.25, -0.2) is 0 Å². The van der Waals surface area contributed by atoms with Gasteiger partial charge in [0, 0.05) is 30.8 Å². The lowest BCUT2D eigenvalue weighted by molar-refractivity contribution is -0.138. The first-order chi connectivity index (χ1) is 9.06. The monoisotopic (exact) mass is 262 g/mol. The molecule has 0 bridgehead atoms. The Balaban J connectivity index is 2.02. The lowest BCUT2D eigenvalue weighted by Crippen LogP contribution is -2.40.